The summed E-state index contributed by atoms with van der Waals surface area (Å²) in [6.45, 7) is 5.15. The Morgan fingerprint density at radius 1 is 1.18 bits per heavy atom. The maximum atomic E-state index is 13.0. The van der Waals surface area contributed by atoms with Gasteiger partial charge in [0, 0.05) is 17.7 Å². The average Bonchev–Trinajstić information content (AvgIpc) is 2.65. The number of hydrogen-bond acceptors (Lipinski definition) is 6. The van der Waals surface area contributed by atoms with Gasteiger partial charge in [-0.3, -0.25) is 4.79 Å². The molecule has 1 fully saturated rings. The van der Waals surface area contributed by atoms with Crippen LogP contribution in [0.25, 0.3) is 0 Å². The predicted molar refractivity (Wildman–Crippen MR) is 99.4 cm³/mol. The van der Waals surface area contributed by atoms with Crippen LogP contribution < -0.4 is 20.3 Å². The van der Waals surface area contributed by atoms with E-state index < -0.39 is 35.7 Å². The van der Waals surface area contributed by atoms with Crippen LogP contribution in [-0.2, 0) is 4.79 Å². The molecule has 28 heavy (non-hydrogen) atoms. The molecule has 2 aromatic carbocycles. The molecule has 0 aliphatic heterocycles. The van der Waals surface area contributed by atoms with Gasteiger partial charge >= 0.3 is 0 Å². The zero-order valence-electron chi connectivity index (χ0n) is 15.5. The highest BCUT2D eigenvalue weighted by Gasteiger charge is 2.41. The predicted octanol–water partition coefficient (Wildman–Crippen LogP) is 0.878. The van der Waals surface area contributed by atoms with Crippen LogP contribution in [0.3, 0.4) is 0 Å². The van der Waals surface area contributed by atoms with E-state index in [4.69, 9.17) is 4.74 Å². The molecular weight excluding hydrogens is 362 g/mol. The molecular formula is C21H21NO6-2. The first kappa shape index (κ1) is 19.7. The summed E-state index contributed by atoms with van der Waals surface area (Å²) in [7, 11) is 1.54. The molecule has 1 amide bonds. The van der Waals surface area contributed by atoms with Gasteiger partial charge in [0.1, 0.15) is 17.2 Å². The topological polar surface area (TPSA) is 125 Å². The van der Waals surface area contributed by atoms with E-state index in [9.17, 15) is 25.2 Å². The summed E-state index contributed by atoms with van der Waals surface area (Å²) >= 11 is 0. The molecule has 1 aliphatic carbocycles. The molecule has 2 atom stereocenters. The van der Waals surface area contributed by atoms with E-state index in [2.05, 4.69) is 11.9 Å². The second-order valence-electron chi connectivity index (χ2n) is 6.82. The second kappa shape index (κ2) is 7.53. The zero-order valence-corrected chi connectivity index (χ0v) is 15.5. The number of amides is 1. The third-order valence-corrected chi connectivity index (χ3v) is 5.17. The first-order valence-corrected chi connectivity index (χ1v) is 8.74. The van der Waals surface area contributed by atoms with E-state index in [-0.39, 0.29) is 17.0 Å². The van der Waals surface area contributed by atoms with E-state index in [0.717, 1.165) is 17.7 Å². The van der Waals surface area contributed by atoms with Crippen LogP contribution in [0.5, 0.6) is 17.2 Å². The first-order chi connectivity index (χ1) is 13.3. The summed E-state index contributed by atoms with van der Waals surface area (Å²) in [6, 6.07) is 7.41. The molecule has 1 aliphatic rings. The lowest BCUT2D eigenvalue weighted by Crippen LogP contribution is -2.63. The highest BCUT2D eigenvalue weighted by atomic mass is 16.5. The number of ether oxygens (including phenoxy) is 1. The SMILES string of the molecule is C=CC(=O)Nc1cc(O)cc(O)c1C1C([O-])C(c2ccc(OC)cc2C)C1[O-]. The van der Waals surface area contributed by atoms with Crippen LogP contribution in [0.4, 0.5) is 5.69 Å². The van der Waals surface area contributed by atoms with Gasteiger partial charge in [0.15, 0.2) is 0 Å². The number of nitrogens with one attached hydrogen (secondary N) is 1. The smallest absolute Gasteiger partial charge is 0.247 e. The standard InChI is InChI=1S/C21H21NO6/c1-4-16(25)22-14-8-11(23)9-15(24)18(14)19-20(26)17(21(19)27)13-6-5-12(28-3)7-10(13)2/h4-9,17,19-21,23-24H,1H2,2-3H3,(H,22,25)/q-2. The van der Waals surface area contributed by atoms with Crippen molar-refractivity contribution >= 4 is 11.6 Å². The molecule has 0 aromatic heterocycles. The van der Waals surface area contributed by atoms with Crippen LogP contribution in [-0.4, -0.2) is 35.4 Å². The monoisotopic (exact) mass is 383 g/mol. The number of methoxy groups -OCH3 is 1. The Bertz CT molecular complexity index is 915. The number of aromatic hydroxyl groups is 2. The number of benzene rings is 2. The van der Waals surface area contributed by atoms with E-state index >= 15 is 0 Å². The summed E-state index contributed by atoms with van der Waals surface area (Å²) in [5, 5.41) is 48.4. The van der Waals surface area contributed by atoms with E-state index in [1.807, 2.05) is 0 Å². The lowest BCUT2D eigenvalue weighted by Gasteiger charge is -2.62. The van der Waals surface area contributed by atoms with E-state index in [0.29, 0.717) is 11.3 Å². The fraction of sp³-hybridized carbons (Fsp3) is 0.286. The van der Waals surface area contributed by atoms with Gasteiger partial charge in [-0.1, -0.05) is 12.6 Å². The van der Waals surface area contributed by atoms with Crippen molar-refractivity contribution in [2.45, 2.75) is 31.0 Å². The third-order valence-electron chi connectivity index (χ3n) is 5.17. The molecule has 2 unspecified atom stereocenters. The first-order valence-electron chi connectivity index (χ1n) is 8.74. The van der Waals surface area contributed by atoms with E-state index in [1.165, 1.54) is 13.2 Å². The minimum Gasteiger partial charge on any atom is -0.851 e. The van der Waals surface area contributed by atoms with Gasteiger partial charge in [0.25, 0.3) is 0 Å². The Kier molecular flexibility index (Phi) is 5.31. The molecule has 0 bridgehead atoms. The molecule has 2 aromatic rings. The fourth-order valence-electron chi connectivity index (χ4n) is 3.77. The van der Waals surface area contributed by atoms with Crippen molar-refractivity contribution in [1.29, 1.82) is 0 Å². The number of carbonyl (C=O) groups excluding carboxylic acids is 1. The molecule has 7 heteroatoms. The number of phenolic OH excluding ortho intramolecular Hbond substituents is 2. The maximum Gasteiger partial charge on any atom is 0.247 e. The highest BCUT2D eigenvalue weighted by Crippen LogP contribution is 2.51. The van der Waals surface area contributed by atoms with Gasteiger partial charge in [-0.05, 0) is 48.1 Å². The van der Waals surface area contributed by atoms with Gasteiger partial charge in [0.05, 0.1) is 12.8 Å². The lowest BCUT2D eigenvalue weighted by molar-refractivity contribution is -0.536. The maximum absolute atomic E-state index is 13.0. The Hall–Kier alpha value is -3.03. The van der Waals surface area contributed by atoms with Gasteiger partial charge < -0.3 is 30.5 Å². The largest absolute Gasteiger partial charge is 0.851 e. The van der Waals surface area contributed by atoms with E-state index in [1.54, 1.807) is 25.1 Å². The molecule has 7 nitrogen and oxygen atoms in total. The van der Waals surface area contributed by atoms with Crippen molar-refractivity contribution in [3.05, 3.63) is 59.7 Å². The molecule has 0 heterocycles. The normalized spacial score (nSPS) is 23.6. The number of hydrogen-bond donors (Lipinski definition) is 3. The summed E-state index contributed by atoms with van der Waals surface area (Å²) < 4.78 is 5.15. The molecule has 148 valence electrons. The Morgan fingerprint density at radius 2 is 1.86 bits per heavy atom. The summed E-state index contributed by atoms with van der Waals surface area (Å²) in [5.74, 6) is -2.51. The quantitative estimate of drug-likeness (QED) is 0.658. The van der Waals surface area contributed by atoms with Crippen LogP contribution in [0.15, 0.2) is 43.0 Å². The Morgan fingerprint density at radius 3 is 2.43 bits per heavy atom. The number of aryl methyl sites for hydroxylation is 1. The summed E-state index contributed by atoms with van der Waals surface area (Å²) in [5.41, 5.74) is 1.49. The molecule has 0 spiro atoms. The molecule has 0 saturated heterocycles. The zero-order chi connectivity index (χ0) is 20.6. The molecule has 1 saturated carbocycles. The number of phenols is 2. The molecule has 3 rings (SSSR count). The molecule has 3 N–H and O–H groups in total. The van der Waals surface area contributed by atoms with Gasteiger partial charge in [0.2, 0.25) is 5.91 Å². The Labute approximate surface area is 162 Å². The Balaban J connectivity index is 1.97. The van der Waals surface area contributed by atoms with Crippen LogP contribution in [0.1, 0.15) is 28.5 Å². The van der Waals surface area contributed by atoms with Gasteiger partial charge in [-0.15, -0.1) is 12.2 Å². The average molecular weight is 383 g/mol. The number of rotatable bonds is 5. The number of carbonyl (C=O) groups is 1. The van der Waals surface area contributed by atoms with Gasteiger partial charge in [-0.2, -0.15) is 0 Å². The summed E-state index contributed by atoms with van der Waals surface area (Å²) in [6.07, 6.45) is -1.62. The van der Waals surface area contributed by atoms with Crippen molar-refractivity contribution in [3.63, 3.8) is 0 Å². The van der Waals surface area contributed by atoms with Crippen LogP contribution in [0.2, 0.25) is 0 Å². The van der Waals surface area contributed by atoms with Crippen LogP contribution >= 0.6 is 0 Å². The minimum absolute atomic E-state index is 0.0269. The number of anilines is 1. The van der Waals surface area contributed by atoms with Crippen molar-refractivity contribution in [1.82, 2.24) is 0 Å². The fourth-order valence-corrected chi connectivity index (χ4v) is 3.77. The van der Waals surface area contributed by atoms with Crippen molar-refractivity contribution in [3.8, 4) is 17.2 Å². The highest BCUT2D eigenvalue weighted by molar-refractivity contribution is 6.00. The third kappa shape index (κ3) is 3.30. The minimum atomic E-state index is -1.32. The van der Waals surface area contributed by atoms with Crippen molar-refractivity contribution in [2.75, 3.05) is 12.4 Å². The van der Waals surface area contributed by atoms with Crippen molar-refractivity contribution in [2.24, 2.45) is 0 Å². The van der Waals surface area contributed by atoms with Gasteiger partial charge in [-0.25, -0.2) is 0 Å². The van der Waals surface area contributed by atoms with Crippen LogP contribution in [0, 0.1) is 6.92 Å². The lowest BCUT2D eigenvalue weighted by atomic mass is 9.62. The summed E-state index contributed by atoms with van der Waals surface area (Å²) in [4.78, 5) is 11.7. The second-order valence-corrected chi connectivity index (χ2v) is 6.82. The van der Waals surface area contributed by atoms with Crippen molar-refractivity contribution < 1.29 is 30.0 Å². The molecule has 0 radical (unpaired) electrons.